The first-order chi connectivity index (χ1) is 13.0. The monoisotopic (exact) mass is 376 g/mol. The van der Waals surface area contributed by atoms with E-state index in [1.165, 1.54) is 0 Å². The predicted molar refractivity (Wildman–Crippen MR) is 110 cm³/mol. The number of piperidine rings is 1. The number of aromatic nitrogens is 2. The van der Waals surface area contributed by atoms with Gasteiger partial charge in [0.1, 0.15) is 0 Å². The molecule has 2 atom stereocenters. The van der Waals surface area contributed by atoms with Gasteiger partial charge in [-0.1, -0.05) is 27.7 Å². The van der Waals surface area contributed by atoms with Crippen molar-refractivity contribution in [1.82, 2.24) is 25.5 Å². The maximum Gasteiger partial charge on any atom is 0.315 e. The number of carbonyl (C=O) groups is 1. The number of amides is 2. The van der Waals surface area contributed by atoms with E-state index in [4.69, 9.17) is 0 Å². The third-order valence-electron chi connectivity index (χ3n) is 5.16. The largest absolute Gasteiger partial charge is 0.339 e. The lowest BCUT2D eigenvalue weighted by molar-refractivity contribution is 0.183. The van der Waals surface area contributed by atoms with Gasteiger partial charge in [0.25, 0.3) is 0 Å². The highest BCUT2D eigenvalue weighted by Gasteiger charge is 2.24. The van der Waals surface area contributed by atoms with Crippen LogP contribution in [0.25, 0.3) is 0 Å². The number of carbonyl (C=O) groups excluding carboxylic acids is 1. The molecule has 2 unspecified atom stereocenters. The second-order valence-electron chi connectivity index (χ2n) is 7.69. The standard InChI is InChI=1S/C20H36N6O/c1-5-25(6-2)18(13-16(3)4)14-23-20(27)24-17-9-7-12-26(15-17)19-21-10-8-11-22-19/h8,10-11,16-18H,5-7,9,12-15H2,1-4H3,(H2,23,24,27). The molecule has 2 N–H and O–H groups in total. The molecule has 0 aliphatic carbocycles. The number of anilines is 1. The van der Waals surface area contributed by atoms with Crippen molar-refractivity contribution in [3.8, 4) is 0 Å². The molecule has 27 heavy (non-hydrogen) atoms. The molecular weight excluding hydrogens is 340 g/mol. The van der Waals surface area contributed by atoms with Crippen LogP contribution in [0.2, 0.25) is 0 Å². The van der Waals surface area contributed by atoms with E-state index in [9.17, 15) is 4.79 Å². The van der Waals surface area contributed by atoms with E-state index < -0.39 is 0 Å². The summed E-state index contributed by atoms with van der Waals surface area (Å²) in [6, 6.07) is 2.25. The SMILES string of the molecule is CCN(CC)C(CNC(=O)NC1CCCN(c2ncccn2)C1)CC(C)C. The van der Waals surface area contributed by atoms with Crippen molar-refractivity contribution in [3.63, 3.8) is 0 Å². The first-order valence-electron chi connectivity index (χ1n) is 10.3. The van der Waals surface area contributed by atoms with Crippen molar-refractivity contribution in [1.29, 1.82) is 0 Å². The molecule has 152 valence electrons. The zero-order valence-electron chi connectivity index (χ0n) is 17.3. The summed E-state index contributed by atoms with van der Waals surface area (Å²) in [5.74, 6) is 1.35. The fraction of sp³-hybridized carbons (Fsp3) is 0.750. The van der Waals surface area contributed by atoms with E-state index >= 15 is 0 Å². The van der Waals surface area contributed by atoms with Gasteiger partial charge in [-0.2, -0.15) is 0 Å². The van der Waals surface area contributed by atoms with Gasteiger partial charge < -0.3 is 15.5 Å². The fourth-order valence-electron chi connectivity index (χ4n) is 3.82. The summed E-state index contributed by atoms with van der Waals surface area (Å²) in [6.45, 7) is 13.2. The van der Waals surface area contributed by atoms with Crippen LogP contribution in [-0.4, -0.2) is 65.7 Å². The number of nitrogens with zero attached hydrogens (tertiary/aromatic N) is 4. The molecule has 7 nitrogen and oxygen atoms in total. The van der Waals surface area contributed by atoms with Gasteiger partial charge in [-0.05, 0) is 44.3 Å². The molecule has 1 fully saturated rings. The average molecular weight is 377 g/mol. The smallest absolute Gasteiger partial charge is 0.315 e. The first kappa shape index (κ1) is 21.4. The van der Waals surface area contributed by atoms with Crippen LogP contribution in [0, 0.1) is 5.92 Å². The van der Waals surface area contributed by atoms with Crippen molar-refractivity contribution < 1.29 is 4.79 Å². The van der Waals surface area contributed by atoms with Crippen LogP contribution in [0.15, 0.2) is 18.5 Å². The second kappa shape index (κ2) is 11.1. The first-order valence-corrected chi connectivity index (χ1v) is 10.3. The molecular formula is C20H36N6O. The van der Waals surface area contributed by atoms with Gasteiger partial charge in [-0.25, -0.2) is 14.8 Å². The van der Waals surface area contributed by atoms with E-state index in [1.807, 2.05) is 6.07 Å². The van der Waals surface area contributed by atoms with Crippen LogP contribution in [0.1, 0.15) is 47.0 Å². The Morgan fingerprint density at radius 3 is 2.63 bits per heavy atom. The number of nitrogens with one attached hydrogen (secondary N) is 2. The van der Waals surface area contributed by atoms with Crippen LogP contribution in [0.5, 0.6) is 0 Å². The van der Waals surface area contributed by atoms with Crippen molar-refractivity contribution in [3.05, 3.63) is 18.5 Å². The molecule has 1 aliphatic rings. The van der Waals surface area contributed by atoms with Crippen LogP contribution in [0.4, 0.5) is 10.7 Å². The van der Waals surface area contributed by atoms with E-state index in [0.29, 0.717) is 18.5 Å². The lowest BCUT2D eigenvalue weighted by atomic mass is 10.0. The van der Waals surface area contributed by atoms with Gasteiger partial charge in [0.05, 0.1) is 0 Å². The fourth-order valence-corrected chi connectivity index (χ4v) is 3.82. The Morgan fingerprint density at radius 2 is 2.00 bits per heavy atom. The van der Waals surface area contributed by atoms with Gasteiger partial charge in [-0.3, -0.25) is 4.90 Å². The second-order valence-corrected chi connectivity index (χ2v) is 7.69. The lowest BCUT2D eigenvalue weighted by Crippen LogP contribution is -2.53. The van der Waals surface area contributed by atoms with Gasteiger partial charge in [0.15, 0.2) is 0 Å². The summed E-state index contributed by atoms with van der Waals surface area (Å²) in [6.07, 6.45) is 6.62. The lowest BCUT2D eigenvalue weighted by Gasteiger charge is -2.34. The van der Waals surface area contributed by atoms with E-state index in [0.717, 1.165) is 51.4 Å². The molecule has 0 bridgehead atoms. The number of rotatable bonds is 9. The van der Waals surface area contributed by atoms with Crippen molar-refractivity contribution >= 4 is 12.0 Å². The van der Waals surface area contributed by atoms with Crippen molar-refractivity contribution in [2.75, 3.05) is 37.6 Å². The van der Waals surface area contributed by atoms with Gasteiger partial charge in [-0.15, -0.1) is 0 Å². The van der Waals surface area contributed by atoms with Crippen LogP contribution >= 0.6 is 0 Å². The predicted octanol–water partition coefficient (Wildman–Crippen LogP) is 2.50. The molecule has 1 aromatic rings. The molecule has 2 rings (SSSR count). The van der Waals surface area contributed by atoms with Gasteiger partial charge in [0, 0.05) is 44.1 Å². The third-order valence-corrected chi connectivity index (χ3v) is 5.16. The Hall–Kier alpha value is -1.89. The molecule has 2 heterocycles. The molecule has 1 aliphatic heterocycles. The highest BCUT2D eigenvalue weighted by atomic mass is 16.2. The van der Waals surface area contributed by atoms with E-state index in [1.54, 1.807) is 12.4 Å². The van der Waals surface area contributed by atoms with Crippen LogP contribution in [0.3, 0.4) is 0 Å². The highest BCUT2D eigenvalue weighted by molar-refractivity contribution is 5.74. The zero-order chi connectivity index (χ0) is 19.6. The molecule has 7 heteroatoms. The molecule has 0 spiro atoms. The molecule has 0 aromatic carbocycles. The minimum Gasteiger partial charge on any atom is -0.339 e. The zero-order valence-corrected chi connectivity index (χ0v) is 17.3. The summed E-state index contributed by atoms with van der Waals surface area (Å²) in [5, 5.41) is 6.23. The Labute approximate surface area is 163 Å². The maximum atomic E-state index is 12.5. The summed E-state index contributed by atoms with van der Waals surface area (Å²) in [4.78, 5) is 25.7. The maximum absolute atomic E-state index is 12.5. The van der Waals surface area contributed by atoms with Crippen LogP contribution in [-0.2, 0) is 0 Å². The number of likely N-dealkylation sites (N-methyl/N-ethyl adjacent to an activating group) is 1. The summed E-state index contributed by atoms with van der Waals surface area (Å²) >= 11 is 0. The molecule has 2 amide bonds. The number of hydrogen-bond acceptors (Lipinski definition) is 5. The molecule has 0 saturated carbocycles. The van der Waals surface area contributed by atoms with Crippen molar-refractivity contribution in [2.45, 2.75) is 59.0 Å². The normalized spacial score (nSPS) is 18.6. The van der Waals surface area contributed by atoms with Gasteiger partial charge >= 0.3 is 6.03 Å². The molecule has 1 saturated heterocycles. The summed E-state index contributed by atoms with van der Waals surface area (Å²) in [5.41, 5.74) is 0. The minimum atomic E-state index is -0.0725. The minimum absolute atomic E-state index is 0.0725. The Kier molecular flexibility index (Phi) is 8.78. The summed E-state index contributed by atoms with van der Waals surface area (Å²) in [7, 11) is 0. The number of urea groups is 1. The Morgan fingerprint density at radius 1 is 1.30 bits per heavy atom. The van der Waals surface area contributed by atoms with Crippen LogP contribution < -0.4 is 15.5 Å². The summed E-state index contributed by atoms with van der Waals surface area (Å²) < 4.78 is 0. The van der Waals surface area contributed by atoms with E-state index in [-0.39, 0.29) is 12.1 Å². The molecule has 1 aromatic heterocycles. The quantitative estimate of drug-likeness (QED) is 0.693. The highest BCUT2D eigenvalue weighted by Crippen LogP contribution is 2.15. The van der Waals surface area contributed by atoms with Gasteiger partial charge in [0.2, 0.25) is 5.95 Å². The topological polar surface area (TPSA) is 73.4 Å². The average Bonchev–Trinajstić information content (AvgIpc) is 2.67. The van der Waals surface area contributed by atoms with E-state index in [2.05, 4.69) is 58.1 Å². The Bertz CT molecular complexity index is 549. The number of hydrogen-bond donors (Lipinski definition) is 2. The Balaban J connectivity index is 1.83. The molecule has 0 radical (unpaired) electrons. The third kappa shape index (κ3) is 6.97. The van der Waals surface area contributed by atoms with Crippen molar-refractivity contribution in [2.24, 2.45) is 5.92 Å².